The molecule has 18 heavy (non-hydrogen) atoms. The Balaban J connectivity index is 2.39. The Morgan fingerprint density at radius 1 is 1.44 bits per heavy atom. The van der Waals surface area contributed by atoms with E-state index in [0.29, 0.717) is 23.0 Å². The molecule has 1 aromatic carbocycles. The van der Waals surface area contributed by atoms with E-state index in [9.17, 15) is 0 Å². The first kappa shape index (κ1) is 13.4. The topological polar surface area (TPSA) is 48.4 Å². The van der Waals surface area contributed by atoms with Gasteiger partial charge in [0.05, 0.1) is 16.7 Å². The van der Waals surface area contributed by atoms with E-state index in [1.54, 1.807) is 6.07 Å². The van der Waals surface area contributed by atoms with Gasteiger partial charge in [-0.3, -0.25) is 0 Å². The van der Waals surface area contributed by atoms with E-state index in [1.165, 1.54) is 0 Å². The molecule has 0 radical (unpaired) electrons. The highest BCUT2D eigenvalue weighted by Crippen LogP contribution is 2.33. The molecule has 0 spiro atoms. The van der Waals surface area contributed by atoms with Crippen LogP contribution in [-0.2, 0) is 4.74 Å². The number of halogens is 1. The van der Waals surface area contributed by atoms with Crippen molar-refractivity contribution in [1.82, 2.24) is 0 Å². The minimum Gasteiger partial charge on any atom is -0.458 e. The van der Waals surface area contributed by atoms with Crippen molar-refractivity contribution in [3.63, 3.8) is 0 Å². The van der Waals surface area contributed by atoms with Crippen LogP contribution in [0.15, 0.2) is 28.7 Å². The molecule has 1 atom stereocenters. The predicted molar refractivity (Wildman–Crippen MR) is 73.9 cm³/mol. The highest BCUT2D eigenvalue weighted by molar-refractivity contribution is 6.34. The zero-order valence-corrected chi connectivity index (χ0v) is 11.6. The average molecular weight is 268 g/mol. The number of furan rings is 1. The van der Waals surface area contributed by atoms with Gasteiger partial charge in [-0.1, -0.05) is 23.7 Å². The molecule has 2 N–H and O–H groups in total. The van der Waals surface area contributed by atoms with Crippen LogP contribution >= 0.6 is 11.6 Å². The summed E-state index contributed by atoms with van der Waals surface area (Å²) in [6.07, 6.45) is 0. The van der Waals surface area contributed by atoms with Crippen molar-refractivity contribution >= 4 is 22.6 Å². The third-order valence-corrected chi connectivity index (χ3v) is 3.38. The third kappa shape index (κ3) is 2.39. The molecule has 0 bridgehead atoms. The monoisotopic (exact) mass is 267 g/mol. The van der Waals surface area contributed by atoms with Crippen molar-refractivity contribution in [2.24, 2.45) is 5.73 Å². The zero-order valence-electron chi connectivity index (χ0n) is 10.9. The Morgan fingerprint density at radius 2 is 2.17 bits per heavy atom. The number of nitrogens with two attached hydrogens (primary N) is 1. The molecule has 0 aliphatic carbocycles. The first-order valence-electron chi connectivity index (χ1n) is 6.03. The normalized spacial score (nSPS) is 14.1. The van der Waals surface area contributed by atoms with Gasteiger partial charge >= 0.3 is 0 Å². The van der Waals surface area contributed by atoms with Crippen molar-refractivity contribution in [2.75, 3.05) is 6.61 Å². The van der Waals surface area contributed by atoms with E-state index < -0.39 is 5.60 Å². The van der Waals surface area contributed by atoms with Gasteiger partial charge in [0.2, 0.25) is 0 Å². The minimum atomic E-state index is -0.477. The summed E-state index contributed by atoms with van der Waals surface area (Å²) in [6, 6.07) is 7.24. The van der Waals surface area contributed by atoms with Gasteiger partial charge in [-0.25, -0.2) is 0 Å². The maximum Gasteiger partial charge on any atom is 0.152 e. The Morgan fingerprint density at radius 3 is 2.78 bits per heavy atom. The van der Waals surface area contributed by atoms with Crippen LogP contribution < -0.4 is 5.73 Å². The number of fused-ring (bicyclic) bond motifs is 1. The number of rotatable bonds is 4. The van der Waals surface area contributed by atoms with Gasteiger partial charge in [-0.05, 0) is 32.9 Å². The summed E-state index contributed by atoms with van der Waals surface area (Å²) in [7, 11) is 0. The van der Waals surface area contributed by atoms with E-state index in [0.717, 1.165) is 5.39 Å². The average Bonchev–Trinajstić information content (AvgIpc) is 2.73. The summed E-state index contributed by atoms with van der Waals surface area (Å²) in [5.74, 6) is 0.691. The highest BCUT2D eigenvalue weighted by Gasteiger charge is 2.31. The van der Waals surface area contributed by atoms with Gasteiger partial charge in [0.25, 0.3) is 0 Å². The lowest BCUT2D eigenvalue weighted by Gasteiger charge is -2.29. The highest BCUT2D eigenvalue weighted by atomic mass is 35.5. The fourth-order valence-electron chi connectivity index (χ4n) is 2.01. The van der Waals surface area contributed by atoms with Crippen LogP contribution in [0.3, 0.4) is 0 Å². The SMILES string of the molecule is CCOC(C)(C)C(N)c1cc2cccc(Cl)c2o1. The molecule has 2 rings (SSSR count). The summed E-state index contributed by atoms with van der Waals surface area (Å²) < 4.78 is 11.4. The Bertz CT molecular complexity index is 548. The molecule has 0 saturated carbocycles. The number of para-hydroxylation sites is 1. The second-order valence-electron chi connectivity index (χ2n) is 4.82. The third-order valence-electron chi connectivity index (χ3n) is 3.09. The summed E-state index contributed by atoms with van der Waals surface area (Å²) in [5, 5.41) is 1.56. The van der Waals surface area contributed by atoms with Crippen LogP contribution in [0.1, 0.15) is 32.6 Å². The second kappa shape index (κ2) is 4.92. The van der Waals surface area contributed by atoms with Crippen LogP contribution in [0, 0.1) is 0 Å². The minimum absolute atomic E-state index is 0.332. The first-order valence-corrected chi connectivity index (χ1v) is 6.41. The molecule has 0 saturated heterocycles. The van der Waals surface area contributed by atoms with Crippen molar-refractivity contribution in [2.45, 2.75) is 32.4 Å². The molecule has 3 nitrogen and oxygen atoms in total. The van der Waals surface area contributed by atoms with Crippen LogP contribution in [0.2, 0.25) is 5.02 Å². The molecule has 0 aliphatic heterocycles. The molecule has 2 aromatic rings. The van der Waals surface area contributed by atoms with Gasteiger partial charge < -0.3 is 14.9 Å². The summed E-state index contributed by atoms with van der Waals surface area (Å²) in [4.78, 5) is 0. The molecule has 4 heteroatoms. The maximum atomic E-state index is 6.21. The number of benzene rings is 1. The second-order valence-corrected chi connectivity index (χ2v) is 5.23. The fourth-order valence-corrected chi connectivity index (χ4v) is 2.23. The van der Waals surface area contributed by atoms with Crippen molar-refractivity contribution in [3.05, 3.63) is 35.0 Å². The Labute approximate surface area is 112 Å². The van der Waals surface area contributed by atoms with Crippen molar-refractivity contribution in [1.29, 1.82) is 0 Å². The number of ether oxygens (including phenoxy) is 1. The first-order chi connectivity index (χ1) is 8.45. The van der Waals surface area contributed by atoms with Gasteiger partial charge in [0.1, 0.15) is 5.76 Å². The standard InChI is InChI=1S/C14H18ClNO2/c1-4-17-14(2,3)13(16)11-8-9-6-5-7-10(15)12(9)18-11/h5-8,13H,4,16H2,1-3H3. The van der Waals surface area contributed by atoms with Crippen LogP contribution in [0.25, 0.3) is 11.0 Å². The van der Waals surface area contributed by atoms with Gasteiger partial charge in [0.15, 0.2) is 5.58 Å². The lowest BCUT2D eigenvalue weighted by molar-refractivity contribution is -0.0338. The maximum absolute atomic E-state index is 6.21. The molecular formula is C14H18ClNO2. The summed E-state index contributed by atoms with van der Waals surface area (Å²) in [6.45, 7) is 6.47. The van der Waals surface area contributed by atoms with E-state index in [1.807, 2.05) is 39.0 Å². The summed E-state index contributed by atoms with van der Waals surface area (Å²) in [5.41, 5.74) is 6.41. The molecule has 0 amide bonds. The largest absolute Gasteiger partial charge is 0.458 e. The van der Waals surface area contributed by atoms with Gasteiger partial charge in [0, 0.05) is 12.0 Å². The van der Waals surface area contributed by atoms with Crippen LogP contribution in [0.4, 0.5) is 0 Å². The Hall–Kier alpha value is -1.03. The van der Waals surface area contributed by atoms with E-state index in [4.69, 9.17) is 26.5 Å². The molecule has 1 heterocycles. The summed E-state index contributed by atoms with van der Waals surface area (Å²) >= 11 is 6.08. The van der Waals surface area contributed by atoms with Crippen LogP contribution in [-0.4, -0.2) is 12.2 Å². The van der Waals surface area contributed by atoms with E-state index in [-0.39, 0.29) is 6.04 Å². The molecule has 0 aliphatic rings. The molecule has 98 valence electrons. The fraction of sp³-hybridized carbons (Fsp3) is 0.429. The quantitative estimate of drug-likeness (QED) is 0.914. The van der Waals surface area contributed by atoms with Crippen LogP contribution in [0.5, 0.6) is 0 Å². The zero-order chi connectivity index (χ0) is 13.3. The number of hydrogen-bond donors (Lipinski definition) is 1. The van der Waals surface area contributed by atoms with Crippen molar-refractivity contribution in [3.8, 4) is 0 Å². The Kier molecular flexibility index (Phi) is 3.66. The van der Waals surface area contributed by atoms with Gasteiger partial charge in [-0.15, -0.1) is 0 Å². The molecule has 1 aromatic heterocycles. The molecule has 1 unspecified atom stereocenters. The number of hydrogen-bond acceptors (Lipinski definition) is 3. The smallest absolute Gasteiger partial charge is 0.152 e. The van der Waals surface area contributed by atoms with Gasteiger partial charge in [-0.2, -0.15) is 0 Å². The van der Waals surface area contributed by atoms with E-state index >= 15 is 0 Å². The lowest BCUT2D eigenvalue weighted by Crippen LogP contribution is -2.38. The van der Waals surface area contributed by atoms with E-state index in [2.05, 4.69) is 0 Å². The lowest BCUT2D eigenvalue weighted by atomic mass is 9.97. The molecular weight excluding hydrogens is 250 g/mol. The predicted octanol–water partition coefficient (Wildman–Crippen LogP) is 3.90. The molecule has 0 fully saturated rings. The van der Waals surface area contributed by atoms with Crippen molar-refractivity contribution < 1.29 is 9.15 Å².